The summed E-state index contributed by atoms with van der Waals surface area (Å²) in [5, 5.41) is 0. The van der Waals surface area contributed by atoms with Crippen molar-refractivity contribution in [1.29, 1.82) is 0 Å². The van der Waals surface area contributed by atoms with Crippen LogP contribution in [0, 0.1) is 0 Å². The number of para-hydroxylation sites is 1. The maximum atomic E-state index is 12.5. The van der Waals surface area contributed by atoms with Crippen molar-refractivity contribution in [3.63, 3.8) is 0 Å². The van der Waals surface area contributed by atoms with Crippen molar-refractivity contribution >= 4 is 0 Å². The number of nitrogens with one attached hydrogen (secondary N) is 1. The predicted molar refractivity (Wildman–Crippen MR) is 98.5 cm³/mol. The second-order valence-corrected chi connectivity index (χ2v) is 6.69. The fourth-order valence-electron chi connectivity index (χ4n) is 3.62. The van der Waals surface area contributed by atoms with Crippen LogP contribution in [0.2, 0.25) is 0 Å². The van der Waals surface area contributed by atoms with Crippen LogP contribution in [0.25, 0.3) is 11.4 Å². The molecule has 0 amide bonds. The van der Waals surface area contributed by atoms with Crippen LogP contribution in [0.3, 0.4) is 0 Å². The summed E-state index contributed by atoms with van der Waals surface area (Å²) in [5.41, 5.74) is 3.44. The maximum Gasteiger partial charge on any atom is 0.254 e. The third-order valence-corrected chi connectivity index (χ3v) is 4.96. The van der Waals surface area contributed by atoms with Gasteiger partial charge in [0.05, 0.1) is 5.69 Å². The van der Waals surface area contributed by atoms with Gasteiger partial charge in [-0.2, -0.15) is 0 Å². The second-order valence-electron chi connectivity index (χ2n) is 6.69. The number of hydrogen-bond acceptors (Lipinski definition) is 6. The predicted octanol–water partition coefficient (Wildman–Crippen LogP) is 2.12. The largest absolute Gasteiger partial charge is 0.454 e. The molecule has 0 fully saturated rings. The summed E-state index contributed by atoms with van der Waals surface area (Å²) < 4.78 is 11.1. The van der Waals surface area contributed by atoms with Gasteiger partial charge in [-0.1, -0.05) is 12.1 Å². The van der Waals surface area contributed by atoms with E-state index < -0.39 is 0 Å². The first kappa shape index (κ1) is 16.0. The van der Waals surface area contributed by atoms with E-state index in [1.165, 1.54) is 0 Å². The van der Waals surface area contributed by atoms with Gasteiger partial charge in [0.25, 0.3) is 5.56 Å². The fourth-order valence-corrected chi connectivity index (χ4v) is 3.62. The molecule has 3 aromatic rings. The summed E-state index contributed by atoms with van der Waals surface area (Å²) in [7, 11) is 0. The van der Waals surface area contributed by atoms with Crippen molar-refractivity contribution in [2.45, 2.75) is 19.5 Å². The molecule has 0 saturated carbocycles. The molecule has 2 aliphatic heterocycles. The van der Waals surface area contributed by atoms with Gasteiger partial charge in [-0.3, -0.25) is 14.7 Å². The molecule has 0 saturated heterocycles. The lowest BCUT2D eigenvalue weighted by Crippen LogP contribution is -2.35. The Hall–Kier alpha value is -3.19. The van der Waals surface area contributed by atoms with Crippen LogP contribution >= 0.6 is 0 Å². The Morgan fingerprint density at radius 3 is 3.04 bits per heavy atom. The van der Waals surface area contributed by atoms with Crippen molar-refractivity contribution in [2.24, 2.45) is 0 Å². The highest BCUT2D eigenvalue weighted by Crippen LogP contribution is 2.36. The zero-order chi connectivity index (χ0) is 18.2. The molecule has 2 aliphatic rings. The van der Waals surface area contributed by atoms with E-state index in [1.807, 2.05) is 24.3 Å². The minimum atomic E-state index is -0.0594. The van der Waals surface area contributed by atoms with Gasteiger partial charge in [0.15, 0.2) is 11.5 Å². The van der Waals surface area contributed by atoms with Crippen molar-refractivity contribution in [3.05, 3.63) is 69.9 Å². The quantitative estimate of drug-likeness (QED) is 0.769. The second kappa shape index (κ2) is 6.51. The molecule has 2 aromatic heterocycles. The van der Waals surface area contributed by atoms with Crippen LogP contribution in [0.4, 0.5) is 0 Å². The molecular weight excluding hydrogens is 344 g/mol. The molecule has 0 spiro atoms. The molecule has 1 N–H and O–H groups in total. The molecule has 0 unspecified atom stereocenters. The van der Waals surface area contributed by atoms with E-state index in [4.69, 9.17) is 14.5 Å². The van der Waals surface area contributed by atoms with Gasteiger partial charge in [0.2, 0.25) is 6.79 Å². The summed E-state index contributed by atoms with van der Waals surface area (Å²) in [5.74, 6) is 2.17. The van der Waals surface area contributed by atoms with Crippen LogP contribution in [-0.2, 0) is 19.5 Å². The van der Waals surface area contributed by atoms with E-state index in [0.29, 0.717) is 18.8 Å². The summed E-state index contributed by atoms with van der Waals surface area (Å²) in [4.78, 5) is 26.5. The van der Waals surface area contributed by atoms with Crippen LogP contribution in [-0.4, -0.2) is 33.2 Å². The number of fused-ring (bicyclic) bond motifs is 2. The zero-order valence-corrected chi connectivity index (χ0v) is 14.6. The molecule has 7 nitrogen and oxygen atoms in total. The minimum Gasteiger partial charge on any atom is -0.454 e. The lowest BCUT2D eigenvalue weighted by atomic mass is 10.0. The molecule has 4 heterocycles. The van der Waals surface area contributed by atoms with Crippen molar-refractivity contribution in [2.75, 3.05) is 13.3 Å². The number of H-pyrrole nitrogens is 1. The maximum absolute atomic E-state index is 12.5. The average molecular weight is 362 g/mol. The number of rotatable bonds is 3. The molecule has 136 valence electrons. The first-order chi connectivity index (χ1) is 13.3. The van der Waals surface area contributed by atoms with Crippen molar-refractivity contribution < 1.29 is 9.47 Å². The molecule has 1 aromatic carbocycles. The summed E-state index contributed by atoms with van der Waals surface area (Å²) in [6.45, 7) is 2.41. The van der Waals surface area contributed by atoms with Crippen LogP contribution in [0.5, 0.6) is 11.5 Å². The van der Waals surface area contributed by atoms with Crippen molar-refractivity contribution in [3.8, 4) is 22.9 Å². The van der Waals surface area contributed by atoms with Crippen molar-refractivity contribution in [1.82, 2.24) is 19.9 Å². The highest BCUT2D eigenvalue weighted by Gasteiger charge is 2.24. The van der Waals surface area contributed by atoms with E-state index in [2.05, 4.69) is 20.9 Å². The number of aromatic amines is 1. The van der Waals surface area contributed by atoms with E-state index in [9.17, 15) is 4.79 Å². The van der Waals surface area contributed by atoms with Gasteiger partial charge in [0.1, 0.15) is 5.82 Å². The molecule has 7 heteroatoms. The minimum absolute atomic E-state index is 0.0594. The Balaban J connectivity index is 1.43. The lowest BCUT2D eigenvalue weighted by Gasteiger charge is -2.28. The highest BCUT2D eigenvalue weighted by atomic mass is 16.7. The van der Waals surface area contributed by atoms with E-state index >= 15 is 0 Å². The van der Waals surface area contributed by atoms with E-state index in [-0.39, 0.29) is 12.4 Å². The first-order valence-electron chi connectivity index (χ1n) is 8.90. The van der Waals surface area contributed by atoms with E-state index in [1.54, 1.807) is 12.4 Å². The molecule has 0 atom stereocenters. The average Bonchev–Trinajstić information content (AvgIpc) is 3.18. The Morgan fingerprint density at radius 2 is 2.15 bits per heavy atom. The molecule has 27 heavy (non-hydrogen) atoms. The lowest BCUT2D eigenvalue weighted by molar-refractivity contribution is 0.171. The standard InChI is InChI=1S/C20H18N4O3/c25-20-15-6-8-24(10-14-3-1-5-17-18(14)27-12-26-17)11-16(15)22-19(23-20)13-4-2-7-21-9-13/h1-5,7,9H,6,8,10-12H2,(H,22,23,25). The number of ether oxygens (including phenoxy) is 2. The third-order valence-electron chi connectivity index (χ3n) is 4.96. The molecule has 0 bridgehead atoms. The SMILES string of the molecule is O=c1[nH]c(-c2cccnc2)nc2c1CCN(Cc1cccc3c1OCO3)C2. The smallest absolute Gasteiger partial charge is 0.254 e. The van der Waals surface area contributed by atoms with E-state index in [0.717, 1.165) is 47.0 Å². The molecule has 0 radical (unpaired) electrons. The van der Waals surface area contributed by atoms with Crippen LogP contribution in [0.15, 0.2) is 47.5 Å². The normalized spacial score (nSPS) is 15.6. The van der Waals surface area contributed by atoms with Gasteiger partial charge in [-0.25, -0.2) is 4.98 Å². The Morgan fingerprint density at radius 1 is 1.19 bits per heavy atom. The van der Waals surface area contributed by atoms with Crippen LogP contribution in [0.1, 0.15) is 16.8 Å². The molecular formula is C20H18N4O3. The Kier molecular flexibility index (Phi) is 3.86. The number of aromatic nitrogens is 3. The number of nitrogens with zero attached hydrogens (tertiary/aromatic N) is 3. The van der Waals surface area contributed by atoms with Crippen LogP contribution < -0.4 is 15.0 Å². The number of hydrogen-bond donors (Lipinski definition) is 1. The first-order valence-corrected chi connectivity index (χ1v) is 8.90. The Labute approximate surface area is 155 Å². The van der Waals surface area contributed by atoms with Gasteiger partial charge in [-0.15, -0.1) is 0 Å². The molecule has 0 aliphatic carbocycles. The van der Waals surface area contributed by atoms with Gasteiger partial charge in [-0.05, 0) is 24.6 Å². The third kappa shape index (κ3) is 2.96. The number of pyridine rings is 1. The fraction of sp³-hybridized carbons (Fsp3) is 0.250. The number of benzene rings is 1. The monoisotopic (exact) mass is 362 g/mol. The van der Waals surface area contributed by atoms with Gasteiger partial charge >= 0.3 is 0 Å². The Bertz CT molecular complexity index is 1050. The zero-order valence-electron chi connectivity index (χ0n) is 14.6. The summed E-state index contributed by atoms with van der Waals surface area (Å²) in [6.07, 6.45) is 4.08. The van der Waals surface area contributed by atoms with Gasteiger partial charge in [0, 0.05) is 48.7 Å². The molecule has 5 rings (SSSR count). The summed E-state index contributed by atoms with van der Waals surface area (Å²) in [6, 6.07) is 9.67. The van der Waals surface area contributed by atoms with Gasteiger partial charge < -0.3 is 14.5 Å². The summed E-state index contributed by atoms with van der Waals surface area (Å²) >= 11 is 0. The topological polar surface area (TPSA) is 80.3 Å². The highest BCUT2D eigenvalue weighted by molar-refractivity contribution is 5.53.